The predicted molar refractivity (Wildman–Crippen MR) is 128 cm³/mol. The molecule has 3 heterocycles. The second kappa shape index (κ2) is 9.51. The largest absolute Gasteiger partial charge is 0.458 e. The fourth-order valence-corrected chi connectivity index (χ4v) is 4.00. The molecule has 0 amide bonds. The fraction of sp³-hybridized carbons (Fsp3) is 0.240. The average Bonchev–Trinajstić information content (AvgIpc) is 3.41. The van der Waals surface area contributed by atoms with Gasteiger partial charge in [-0.05, 0) is 36.2 Å². The summed E-state index contributed by atoms with van der Waals surface area (Å²) in [5.41, 5.74) is 3.59. The number of carbonyl (C=O) groups is 1. The van der Waals surface area contributed by atoms with E-state index < -0.39 is 6.04 Å². The van der Waals surface area contributed by atoms with Crippen LogP contribution in [-0.4, -0.2) is 44.0 Å². The van der Waals surface area contributed by atoms with Crippen molar-refractivity contribution in [3.63, 3.8) is 0 Å². The summed E-state index contributed by atoms with van der Waals surface area (Å²) in [5, 5.41) is 24.2. The molecule has 35 heavy (non-hydrogen) atoms. The van der Waals surface area contributed by atoms with E-state index in [2.05, 4.69) is 30.8 Å². The van der Waals surface area contributed by atoms with E-state index in [4.69, 9.17) is 9.15 Å². The Morgan fingerprint density at radius 3 is 2.69 bits per heavy atom. The molecule has 3 atom stereocenters. The van der Waals surface area contributed by atoms with E-state index >= 15 is 0 Å². The van der Waals surface area contributed by atoms with Crippen LogP contribution in [0, 0.1) is 0 Å². The Morgan fingerprint density at radius 2 is 1.94 bits per heavy atom. The molecule has 0 saturated heterocycles. The summed E-state index contributed by atoms with van der Waals surface area (Å²) in [6, 6.07) is 14.6. The predicted octanol–water partition coefficient (Wildman–Crippen LogP) is 4.08. The van der Waals surface area contributed by atoms with Crippen LogP contribution >= 0.6 is 0 Å². The molecule has 2 aromatic carbocycles. The Balaban J connectivity index is 1.47. The Bertz CT molecular complexity index is 1330. The Labute approximate surface area is 201 Å². The van der Waals surface area contributed by atoms with Gasteiger partial charge in [-0.15, -0.1) is 10.2 Å². The molecule has 10 heteroatoms. The minimum Gasteiger partial charge on any atom is -0.458 e. The van der Waals surface area contributed by atoms with Crippen molar-refractivity contribution in [3.8, 4) is 11.5 Å². The number of benzene rings is 2. The molecule has 1 aliphatic heterocycles. The molecule has 10 nitrogen and oxygen atoms in total. The van der Waals surface area contributed by atoms with E-state index in [9.17, 15) is 9.90 Å². The van der Waals surface area contributed by atoms with Crippen molar-refractivity contribution < 1.29 is 19.1 Å². The molecular formula is C25H24N6O4. The number of nitrogens with zero attached hydrogens (tertiary/aromatic N) is 4. The van der Waals surface area contributed by atoms with Crippen molar-refractivity contribution in [3.05, 3.63) is 77.8 Å². The number of cyclic esters (lactones) is 1. The molecule has 2 unspecified atom stereocenters. The van der Waals surface area contributed by atoms with Gasteiger partial charge in [0.05, 0.1) is 23.8 Å². The number of esters is 1. The summed E-state index contributed by atoms with van der Waals surface area (Å²) >= 11 is 0. The van der Waals surface area contributed by atoms with Gasteiger partial charge in [-0.2, -0.15) is 4.98 Å². The molecule has 0 bridgehead atoms. The monoisotopic (exact) mass is 472 g/mol. The number of nitrogens with one attached hydrogen (secondary N) is 2. The van der Waals surface area contributed by atoms with Crippen LogP contribution in [0.25, 0.3) is 11.5 Å². The standard InChI is InChI=1S/C25H24N6O4/c1-14-15(2)35-24(33)18-9-8-17(10-19(14)18)28-25-26-11-20(23-31-27-13-34-23)22(30-25)29-21(12-32)16-6-4-3-5-7-16/h3-11,13-15,21,32H,12H2,1-2H3,(H2,26,28,29,30)/t14?,15?,21-/m1/s1. The molecule has 0 aliphatic carbocycles. The maximum absolute atomic E-state index is 12.2. The van der Waals surface area contributed by atoms with Gasteiger partial charge in [0.25, 0.3) is 5.89 Å². The van der Waals surface area contributed by atoms with Crippen LogP contribution in [0.5, 0.6) is 0 Å². The highest BCUT2D eigenvalue weighted by atomic mass is 16.5. The minimum atomic E-state index is -0.419. The van der Waals surface area contributed by atoms with Crippen LogP contribution < -0.4 is 10.6 Å². The van der Waals surface area contributed by atoms with E-state index in [1.165, 1.54) is 6.39 Å². The molecule has 0 spiro atoms. The van der Waals surface area contributed by atoms with Gasteiger partial charge >= 0.3 is 5.97 Å². The maximum Gasteiger partial charge on any atom is 0.338 e. The van der Waals surface area contributed by atoms with E-state index in [1.807, 2.05) is 50.2 Å². The van der Waals surface area contributed by atoms with Crippen LogP contribution in [0.15, 0.2) is 65.5 Å². The van der Waals surface area contributed by atoms with Crippen molar-refractivity contribution in [2.24, 2.45) is 0 Å². The third-order valence-corrected chi connectivity index (χ3v) is 6.09. The normalized spacial score (nSPS) is 17.9. The lowest BCUT2D eigenvalue weighted by molar-refractivity contribution is 0.0241. The number of aliphatic hydroxyl groups excluding tert-OH is 1. The zero-order chi connectivity index (χ0) is 24.4. The van der Waals surface area contributed by atoms with Crippen LogP contribution in [0.3, 0.4) is 0 Å². The Hall–Kier alpha value is -4.31. The molecule has 3 N–H and O–H groups in total. The number of aliphatic hydroxyl groups is 1. The second-order valence-corrected chi connectivity index (χ2v) is 8.32. The van der Waals surface area contributed by atoms with E-state index in [-0.39, 0.29) is 30.5 Å². The van der Waals surface area contributed by atoms with Gasteiger partial charge in [0.2, 0.25) is 12.3 Å². The lowest BCUT2D eigenvalue weighted by Gasteiger charge is -2.28. The van der Waals surface area contributed by atoms with Gasteiger partial charge in [0.15, 0.2) is 0 Å². The van der Waals surface area contributed by atoms with Gasteiger partial charge in [0.1, 0.15) is 11.9 Å². The topological polar surface area (TPSA) is 135 Å². The first-order valence-electron chi connectivity index (χ1n) is 11.2. The smallest absolute Gasteiger partial charge is 0.338 e. The molecule has 0 saturated carbocycles. The first kappa shape index (κ1) is 22.5. The van der Waals surface area contributed by atoms with Crippen LogP contribution in [0.1, 0.15) is 47.3 Å². The van der Waals surface area contributed by atoms with Gasteiger partial charge < -0.3 is 24.9 Å². The number of ether oxygens (including phenoxy) is 1. The Kier molecular flexibility index (Phi) is 6.11. The molecular weight excluding hydrogens is 448 g/mol. The number of aromatic nitrogens is 4. The lowest BCUT2D eigenvalue weighted by atomic mass is 9.89. The summed E-state index contributed by atoms with van der Waals surface area (Å²) < 4.78 is 10.8. The highest BCUT2D eigenvalue weighted by Crippen LogP contribution is 2.34. The fourth-order valence-electron chi connectivity index (χ4n) is 4.00. The lowest BCUT2D eigenvalue weighted by Crippen LogP contribution is -2.28. The summed E-state index contributed by atoms with van der Waals surface area (Å²) in [6.45, 7) is 3.75. The molecule has 4 aromatic rings. The van der Waals surface area contributed by atoms with E-state index in [0.717, 1.165) is 16.8 Å². The number of hydrogen-bond acceptors (Lipinski definition) is 10. The van der Waals surface area contributed by atoms with Crippen LogP contribution in [-0.2, 0) is 4.74 Å². The molecule has 2 aromatic heterocycles. The average molecular weight is 473 g/mol. The summed E-state index contributed by atoms with van der Waals surface area (Å²) in [5.74, 6) is 0.718. The number of fused-ring (bicyclic) bond motifs is 1. The van der Waals surface area contributed by atoms with Crippen molar-refractivity contribution in [2.45, 2.75) is 31.9 Å². The number of rotatable bonds is 7. The van der Waals surface area contributed by atoms with Gasteiger partial charge in [-0.3, -0.25) is 0 Å². The molecule has 0 radical (unpaired) electrons. The molecule has 0 fully saturated rings. The van der Waals surface area contributed by atoms with Crippen molar-refractivity contribution in [2.75, 3.05) is 17.2 Å². The van der Waals surface area contributed by atoms with Crippen LogP contribution in [0.2, 0.25) is 0 Å². The zero-order valence-electron chi connectivity index (χ0n) is 19.2. The third-order valence-electron chi connectivity index (χ3n) is 6.09. The maximum atomic E-state index is 12.2. The van der Waals surface area contributed by atoms with Crippen molar-refractivity contribution >= 4 is 23.4 Å². The number of anilines is 3. The second-order valence-electron chi connectivity index (χ2n) is 8.32. The Morgan fingerprint density at radius 1 is 1.11 bits per heavy atom. The van der Waals surface area contributed by atoms with Gasteiger partial charge in [-0.25, -0.2) is 9.78 Å². The quantitative estimate of drug-likeness (QED) is 0.338. The third kappa shape index (κ3) is 4.56. The highest BCUT2D eigenvalue weighted by molar-refractivity contribution is 5.93. The van der Waals surface area contributed by atoms with Gasteiger partial charge in [0, 0.05) is 17.8 Å². The van der Waals surface area contributed by atoms with Crippen molar-refractivity contribution in [1.29, 1.82) is 0 Å². The SMILES string of the molecule is CC1OC(=O)c2ccc(Nc3ncc(-c4nnco4)c(N[C@H](CO)c4ccccc4)n3)cc2C1C. The number of carbonyl (C=O) groups excluding carboxylic acids is 1. The van der Waals surface area contributed by atoms with Crippen molar-refractivity contribution in [1.82, 2.24) is 20.2 Å². The molecule has 1 aliphatic rings. The van der Waals surface area contributed by atoms with Gasteiger partial charge in [-0.1, -0.05) is 37.3 Å². The molecule has 5 rings (SSSR count). The van der Waals surface area contributed by atoms with E-state index in [1.54, 1.807) is 18.3 Å². The first-order valence-corrected chi connectivity index (χ1v) is 11.2. The summed E-state index contributed by atoms with van der Waals surface area (Å²) in [6.07, 6.45) is 2.59. The summed E-state index contributed by atoms with van der Waals surface area (Å²) in [7, 11) is 0. The van der Waals surface area contributed by atoms with Crippen LogP contribution in [0.4, 0.5) is 17.5 Å². The first-order chi connectivity index (χ1) is 17.0. The van der Waals surface area contributed by atoms with E-state index in [0.29, 0.717) is 22.9 Å². The zero-order valence-corrected chi connectivity index (χ0v) is 19.2. The summed E-state index contributed by atoms with van der Waals surface area (Å²) in [4.78, 5) is 21.3. The molecule has 178 valence electrons. The number of hydrogen-bond donors (Lipinski definition) is 3. The highest BCUT2D eigenvalue weighted by Gasteiger charge is 2.30. The minimum absolute atomic E-state index is 0.0543.